The van der Waals surface area contributed by atoms with Gasteiger partial charge in [0.1, 0.15) is 6.04 Å². The molecule has 0 aliphatic heterocycles. The summed E-state index contributed by atoms with van der Waals surface area (Å²) in [6.07, 6.45) is 12.9. The number of nitrogens with one attached hydrogen (secondary N) is 2. The lowest BCUT2D eigenvalue weighted by Crippen LogP contribution is -2.61. The first kappa shape index (κ1) is 17.2. The van der Waals surface area contributed by atoms with Gasteiger partial charge in [-0.1, -0.05) is 19.3 Å². The minimum absolute atomic E-state index is 0.0776. The van der Waals surface area contributed by atoms with Crippen molar-refractivity contribution in [2.75, 3.05) is 7.11 Å². The number of methoxy groups -OCH3 is 1. The van der Waals surface area contributed by atoms with Crippen LogP contribution in [0.2, 0.25) is 0 Å². The van der Waals surface area contributed by atoms with E-state index < -0.39 is 6.04 Å². The van der Waals surface area contributed by atoms with Crippen molar-refractivity contribution in [3.63, 3.8) is 0 Å². The average Bonchev–Trinajstić information content (AvgIpc) is 2.58. The maximum atomic E-state index is 12.6. The molecule has 5 aliphatic rings. The second-order valence-corrected chi connectivity index (χ2v) is 9.19. The highest BCUT2D eigenvalue weighted by Crippen LogP contribution is 2.61. The molecule has 5 rings (SSSR count). The predicted octanol–water partition coefficient (Wildman–Crippen LogP) is 3.38. The predicted molar refractivity (Wildman–Crippen MR) is 94.9 cm³/mol. The van der Waals surface area contributed by atoms with Crippen LogP contribution in [0.15, 0.2) is 0 Å². The smallest absolute Gasteiger partial charge is 0.329 e. The fourth-order valence-corrected chi connectivity index (χ4v) is 6.72. The second kappa shape index (κ2) is 6.81. The van der Waals surface area contributed by atoms with Gasteiger partial charge < -0.3 is 15.4 Å². The maximum Gasteiger partial charge on any atom is 0.329 e. The first-order valence-corrected chi connectivity index (χ1v) is 10.2. The van der Waals surface area contributed by atoms with Crippen molar-refractivity contribution < 1.29 is 14.3 Å². The summed E-state index contributed by atoms with van der Waals surface area (Å²) >= 11 is 0. The monoisotopic (exact) mass is 348 g/mol. The third-order valence-electron chi connectivity index (χ3n) is 7.35. The standard InChI is InChI=1S/C20H32N2O3/c1-25-18(23)17(22-19(24)21-16-5-3-2-4-6-16)20-10-13-7-14(11-20)9-15(8-13)12-20/h13-17H,2-12H2,1H3,(H2,21,22,24). The molecule has 5 fully saturated rings. The first-order valence-electron chi connectivity index (χ1n) is 10.2. The minimum Gasteiger partial charge on any atom is -0.467 e. The van der Waals surface area contributed by atoms with Crippen LogP contribution < -0.4 is 10.6 Å². The lowest BCUT2D eigenvalue weighted by atomic mass is 9.47. The fraction of sp³-hybridized carbons (Fsp3) is 0.900. The molecule has 2 amide bonds. The van der Waals surface area contributed by atoms with Gasteiger partial charge in [0, 0.05) is 11.5 Å². The average molecular weight is 348 g/mol. The zero-order valence-electron chi connectivity index (χ0n) is 15.4. The molecular weight excluding hydrogens is 316 g/mol. The van der Waals surface area contributed by atoms with Crippen LogP contribution in [0.5, 0.6) is 0 Å². The van der Waals surface area contributed by atoms with Gasteiger partial charge in [-0.3, -0.25) is 0 Å². The lowest BCUT2D eigenvalue weighted by Gasteiger charge is -2.58. The molecule has 0 aromatic rings. The van der Waals surface area contributed by atoms with Gasteiger partial charge in [-0.05, 0) is 69.1 Å². The van der Waals surface area contributed by atoms with Crippen LogP contribution in [0.4, 0.5) is 4.79 Å². The van der Waals surface area contributed by atoms with Gasteiger partial charge in [-0.25, -0.2) is 9.59 Å². The van der Waals surface area contributed by atoms with Crippen LogP contribution in [0.1, 0.15) is 70.6 Å². The highest BCUT2D eigenvalue weighted by Gasteiger charge is 2.56. The quantitative estimate of drug-likeness (QED) is 0.766. The number of hydrogen-bond acceptors (Lipinski definition) is 3. The molecule has 0 aromatic heterocycles. The van der Waals surface area contributed by atoms with Crippen molar-refractivity contribution in [2.24, 2.45) is 23.2 Å². The Kier molecular flexibility index (Phi) is 4.67. The number of urea groups is 1. The van der Waals surface area contributed by atoms with Crippen LogP contribution in [0, 0.1) is 23.2 Å². The molecule has 0 spiro atoms. The van der Waals surface area contributed by atoms with Crippen molar-refractivity contribution in [3.05, 3.63) is 0 Å². The molecule has 2 N–H and O–H groups in total. The van der Waals surface area contributed by atoms with E-state index in [9.17, 15) is 9.59 Å². The Hall–Kier alpha value is -1.26. The topological polar surface area (TPSA) is 67.4 Å². The van der Waals surface area contributed by atoms with Crippen molar-refractivity contribution >= 4 is 12.0 Å². The van der Waals surface area contributed by atoms with Crippen molar-refractivity contribution in [1.29, 1.82) is 0 Å². The van der Waals surface area contributed by atoms with Crippen LogP contribution in [0.25, 0.3) is 0 Å². The molecule has 0 aromatic carbocycles. The third-order valence-corrected chi connectivity index (χ3v) is 7.35. The van der Waals surface area contributed by atoms with E-state index in [0.717, 1.165) is 49.9 Å². The molecule has 1 unspecified atom stereocenters. The Balaban J connectivity index is 1.46. The van der Waals surface area contributed by atoms with Gasteiger partial charge in [0.25, 0.3) is 0 Å². The summed E-state index contributed by atoms with van der Waals surface area (Å²) < 4.78 is 5.11. The Morgan fingerprint density at radius 2 is 1.52 bits per heavy atom. The van der Waals surface area contributed by atoms with Crippen molar-refractivity contribution in [2.45, 2.75) is 82.7 Å². The van der Waals surface area contributed by atoms with E-state index >= 15 is 0 Å². The van der Waals surface area contributed by atoms with Crippen molar-refractivity contribution in [3.8, 4) is 0 Å². The molecule has 5 heteroatoms. The number of rotatable bonds is 4. The lowest BCUT2D eigenvalue weighted by molar-refractivity contribution is -0.154. The van der Waals surface area contributed by atoms with Crippen LogP contribution in [-0.4, -0.2) is 31.2 Å². The van der Waals surface area contributed by atoms with E-state index in [0.29, 0.717) is 0 Å². The summed E-state index contributed by atoms with van der Waals surface area (Å²) in [5.74, 6) is 1.95. The maximum absolute atomic E-state index is 12.6. The summed E-state index contributed by atoms with van der Waals surface area (Å²) in [6.45, 7) is 0. The van der Waals surface area contributed by atoms with E-state index in [1.54, 1.807) is 0 Å². The van der Waals surface area contributed by atoms with Crippen LogP contribution in [0.3, 0.4) is 0 Å². The van der Waals surface area contributed by atoms with Crippen LogP contribution >= 0.6 is 0 Å². The van der Waals surface area contributed by atoms with E-state index in [2.05, 4.69) is 10.6 Å². The van der Waals surface area contributed by atoms with Gasteiger partial charge in [-0.2, -0.15) is 0 Å². The van der Waals surface area contributed by atoms with Gasteiger partial charge in [0.05, 0.1) is 7.11 Å². The van der Waals surface area contributed by atoms with Gasteiger partial charge in [0.2, 0.25) is 0 Å². The fourth-order valence-electron chi connectivity index (χ4n) is 6.72. The number of ether oxygens (including phenoxy) is 1. The Labute approximate surface area is 150 Å². The van der Waals surface area contributed by atoms with E-state index in [4.69, 9.17) is 4.74 Å². The van der Waals surface area contributed by atoms with Gasteiger partial charge in [0.15, 0.2) is 0 Å². The molecule has 0 saturated heterocycles. The summed E-state index contributed by atoms with van der Waals surface area (Å²) in [5.41, 5.74) is -0.0776. The Morgan fingerprint density at radius 1 is 0.960 bits per heavy atom. The summed E-state index contributed by atoms with van der Waals surface area (Å²) in [4.78, 5) is 25.2. The third kappa shape index (κ3) is 3.39. The van der Waals surface area contributed by atoms with E-state index in [1.165, 1.54) is 45.6 Å². The molecular formula is C20H32N2O3. The Bertz CT molecular complexity index is 492. The van der Waals surface area contributed by atoms with Crippen molar-refractivity contribution in [1.82, 2.24) is 10.6 Å². The van der Waals surface area contributed by atoms with E-state index in [1.807, 2.05) is 0 Å². The summed E-state index contributed by atoms with van der Waals surface area (Å²) in [7, 11) is 1.44. The summed E-state index contributed by atoms with van der Waals surface area (Å²) in [6, 6.07) is -0.420. The zero-order valence-corrected chi connectivity index (χ0v) is 15.4. The zero-order chi connectivity index (χ0) is 17.4. The molecule has 140 valence electrons. The largest absolute Gasteiger partial charge is 0.467 e. The molecule has 0 heterocycles. The highest BCUT2D eigenvalue weighted by molar-refractivity contribution is 5.84. The number of esters is 1. The number of carbonyl (C=O) groups excluding carboxylic acids is 2. The normalized spacial score (nSPS) is 38.2. The molecule has 1 atom stereocenters. The van der Waals surface area contributed by atoms with Gasteiger partial charge >= 0.3 is 12.0 Å². The van der Waals surface area contributed by atoms with Gasteiger partial charge in [-0.15, -0.1) is 0 Å². The number of amides is 2. The molecule has 5 nitrogen and oxygen atoms in total. The summed E-state index contributed by atoms with van der Waals surface area (Å²) in [5, 5.41) is 6.15. The van der Waals surface area contributed by atoms with Crippen LogP contribution in [-0.2, 0) is 9.53 Å². The van der Waals surface area contributed by atoms with E-state index in [-0.39, 0.29) is 23.5 Å². The number of carbonyl (C=O) groups is 2. The molecule has 25 heavy (non-hydrogen) atoms. The second-order valence-electron chi connectivity index (χ2n) is 9.19. The molecule has 0 radical (unpaired) electrons. The highest BCUT2D eigenvalue weighted by atomic mass is 16.5. The minimum atomic E-state index is -0.491. The SMILES string of the molecule is COC(=O)C(NC(=O)NC1CCCCC1)C12CC3CC(CC(C3)C1)C2. The number of hydrogen-bond donors (Lipinski definition) is 2. The first-order chi connectivity index (χ1) is 12.1. The molecule has 5 saturated carbocycles. The molecule has 4 bridgehead atoms. The molecule has 5 aliphatic carbocycles. The Morgan fingerprint density at radius 3 is 2.04 bits per heavy atom.